The molecule has 0 aromatic carbocycles. The molecule has 9 heteroatoms. The van der Waals surface area contributed by atoms with Crippen LogP contribution in [0.2, 0.25) is 0 Å². The van der Waals surface area contributed by atoms with Crippen LogP contribution in [0.4, 0.5) is 0 Å². The Kier molecular flexibility index (Phi) is 5.78. The molecular weight excluding hydrogens is 332 g/mol. The van der Waals surface area contributed by atoms with Crippen molar-refractivity contribution in [2.24, 2.45) is 0 Å². The maximum absolute atomic E-state index is 11.5. The van der Waals surface area contributed by atoms with Gasteiger partial charge in [-0.1, -0.05) is 0 Å². The third-order valence-electron chi connectivity index (χ3n) is 3.63. The van der Waals surface area contributed by atoms with Crippen LogP contribution in [0.1, 0.15) is 38.4 Å². The van der Waals surface area contributed by atoms with Gasteiger partial charge in [-0.2, -0.15) is 5.10 Å². The van der Waals surface area contributed by atoms with E-state index in [-0.39, 0.29) is 6.61 Å². The van der Waals surface area contributed by atoms with Gasteiger partial charge in [0.1, 0.15) is 12.7 Å². The van der Waals surface area contributed by atoms with Crippen LogP contribution in [0, 0.1) is 13.8 Å². The minimum Gasteiger partial charge on any atom is -0.463 e. The minimum atomic E-state index is -0.922. The first kappa shape index (κ1) is 18.9. The van der Waals surface area contributed by atoms with Gasteiger partial charge in [0.25, 0.3) is 0 Å². The molecule has 1 fully saturated rings. The van der Waals surface area contributed by atoms with E-state index in [4.69, 9.17) is 18.9 Å². The van der Waals surface area contributed by atoms with E-state index in [1.54, 1.807) is 4.68 Å². The molecule has 1 aromatic heterocycles. The van der Waals surface area contributed by atoms with Crippen molar-refractivity contribution in [3.8, 4) is 0 Å². The van der Waals surface area contributed by atoms with Crippen LogP contribution in [0.3, 0.4) is 0 Å². The summed E-state index contributed by atoms with van der Waals surface area (Å²) < 4.78 is 23.1. The van der Waals surface area contributed by atoms with Gasteiger partial charge in [0.05, 0.1) is 5.69 Å². The Morgan fingerprint density at radius 3 is 2.16 bits per heavy atom. The van der Waals surface area contributed by atoms with Crippen LogP contribution in [0.5, 0.6) is 0 Å². The van der Waals surface area contributed by atoms with Gasteiger partial charge in [-0.15, -0.1) is 0 Å². The van der Waals surface area contributed by atoms with Crippen molar-refractivity contribution >= 4 is 17.9 Å². The van der Waals surface area contributed by atoms with Gasteiger partial charge in [0, 0.05) is 26.5 Å². The van der Waals surface area contributed by atoms with Gasteiger partial charge in [0.2, 0.25) is 0 Å². The Hall–Kier alpha value is -2.42. The highest BCUT2D eigenvalue weighted by molar-refractivity contribution is 5.67. The number of aryl methyl sites for hydroxylation is 2. The van der Waals surface area contributed by atoms with Gasteiger partial charge < -0.3 is 18.9 Å². The topological polar surface area (TPSA) is 106 Å². The molecule has 138 valence electrons. The summed E-state index contributed by atoms with van der Waals surface area (Å²) in [7, 11) is 0. The van der Waals surface area contributed by atoms with Crippen molar-refractivity contribution in [3.63, 3.8) is 0 Å². The van der Waals surface area contributed by atoms with Gasteiger partial charge in [-0.25, -0.2) is 4.68 Å². The molecule has 25 heavy (non-hydrogen) atoms. The summed E-state index contributed by atoms with van der Waals surface area (Å²) in [5.74, 6) is -1.61. The zero-order valence-electron chi connectivity index (χ0n) is 14.8. The van der Waals surface area contributed by atoms with E-state index in [2.05, 4.69) is 5.10 Å². The average Bonchev–Trinajstić information content (AvgIpc) is 2.96. The normalized spacial score (nSPS) is 25.5. The van der Waals surface area contributed by atoms with Crippen molar-refractivity contribution < 1.29 is 33.3 Å². The van der Waals surface area contributed by atoms with Crippen LogP contribution in [0.15, 0.2) is 6.07 Å². The summed E-state index contributed by atoms with van der Waals surface area (Å²) >= 11 is 0. The zero-order chi connectivity index (χ0) is 18.7. The summed E-state index contributed by atoms with van der Waals surface area (Å²) in [6.45, 7) is 7.26. The molecule has 1 aromatic rings. The summed E-state index contributed by atoms with van der Waals surface area (Å²) in [6.07, 6.45) is -3.43. The number of hydrogen-bond donors (Lipinski definition) is 0. The number of esters is 3. The highest BCUT2D eigenvalue weighted by atomic mass is 16.7. The van der Waals surface area contributed by atoms with E-state index < -0.39 is 42.4 Å². The van der Waals surface area contributed by atoms with Crippen molar-refractivity contribution in [2.75, 3.05) is 6.61 Å². The van der Waals surface area contributed by atoms with Crippen LogP contribution < -0.4 is 0 Å². The number of rotatable bonds is 5. The van der Waals surface area contributed by atoms with Gasteiger partial charge in [-0.05, 0) is 19.9 Å². The molecule has 2 heterocycles. The standard InChI is InChI=1S/C16H22N2O7/c1-8-6-9(2)18(17-8)16-15(24-12(5)21)14(23-11(4)20)13(25-16)7-22-10(3)19/h6,13-16H,7H2,1-5H3/t13-,14-,15-,16-/m1/s1. The zero-order valence-corrected chi connectivity index (χ0v) is 14.8. The fourth-order valence-electron chi connectivity index (χ4n) is 2.79. The predicted molar refractivity (Wildman–Crippen MR) is 83.4 cm³/mol. The molecule has 0 radical (unpaired) electrons. The van der Waals surface area contributed by atoms with Gasteiger partial charge in [0.15, 0.2) is 18.4 Å². The molecule has 1 aliphatic rings. The summed E-state index contributed by atoms with van der Waals surface area (Å²) in [4.78, 5) is 34.1. The monoisotopic (exact) mass is 354 g/mol. The molecule has 0 spiro atoms. The van der Waals surface area contributed by atoms with Gasteiger partial charge >= 0.3 is 17.9 Å². The SMILES string of the molecule is CC(=O)OC[C@H]1O[C@@H](n2nc(C)cc2C)[C@H](OC(C)=O)[C@@H]1OC(C)=O. The number of carbonyl (C=O) groups is 3. The molecule has 4 atom stereocenters. The average molecular weight is 354 g/mol. The first-order valence-electron chi connectivity index (χ1n) is 7.85. The molecule has 1 saturated heterocycles. The molecule has 0 N–H and O–H groups in total. The first-order chi connectivity index (χ1) is 11.7. The lowest BCUT2D eigenvalue weighted by Gasteiger charge is -2.23. The molecule has 0 unspecified atom stereocenters. The maximum Gasteiger partial charge on any atom is 0.303 e. The van der Waals surface area contributed by atoms with Crippen molar-refractivity contribution in [1.82, 2.24) is 9.78 Å². The van der Waals surface area contributed by atoms with Crippen molar-refractivity contribution in [1.29, 1.82) is 0 Å². The highest BCUT2D eigenvalue weighted by Crippen LogP contribution is 2.34. The van der Waals surface area contributed by atoms with Crippen LogP contribution in [-0.4, -0.2) is 52.6 Å². The summed E-state index contributed by atoms with van der Waals surface area (Å²) in [6, 6.07) is 1.84. The number of hydrogen-bond acceptors (Lipinski definition) is 8. The van der Waals surface area contributed by atoms with E-state index in [0.29, 0.717) is 0 Å². The lowest BCUT2D eigenvalue weighted by Crippen LogP contribution is -2.40. The Morgan fingerprint density at radius 2 is 1.68 bits per heavy atom. The summed E-state index contributed by atoms with van der Waals surface area (Å²) in [5.41, 5.74) is 1.55. The van der Waals surface area contributed by atoms with Crippen molar-refractivity contribution in [3.05, 3.63) is 17.5 Å². The Morgan fingerprint density at radius 1 is 1.08 bits per heavy atom. The number of carbonyl (C=O) groups excluding carboxylic acids is 3. The molecule has 2 rings (SSSR count). The van der Waals surface area contributed by atoms with Crippen LogP contribution in [0.25, 0.3) is 0 Å². The first-order valence-corrected chi connectivity index (χ1v) is 7.85. The second kappa shape index (κ2) is 7.64. The molecule has 0 bridgehead atoms. The molecule has 0 aliphatic carbocycles. The van der Waals surface area contributed by atoms with Crippen molar-refractivity contribution in [2.45, 2.75) is 59.2 Å². The Bertz CT molecular complexity index is 669. The highest BCUT2D eigenvalue weighted by Gasteiger charge is 2.51. The number of aromatic nitrogens is 2. The van der Waals surface area contributed by atoms with E-state index in [1.165, 1.54) is 20.8 Å². The largest absolute Gasteiger partial charge is 0.463 e. The molecule has 9 nitrogen and oxygen atoms in total. The molecule has 0 amide bonds. The van der Waals surface area contributed by atoms with Crippen LogP contribution in [-0.2, 0) is 33.3 Å². The Balaban J connectivity index is 2.35. The third kappa shape index (κ3) is 4.56. The minimum absolute atomic E-state index is 0.138. The van der Waals surface area contributed by atoms with Gasteiger partial charge in [-0.3, -0.25) is 14.4 Å². The van der Waals surface area contributed by atoms with E-state index in [0.717, 1.165) is 11.4 Å². The lowest BCUT2D eigenvalue weighted by molar-refractivity contribution is -0.166. The number of ether oxygens (including phenoxy) is 4. The quantitative estimate of drug-likeness (QED) is 0.565. The second-order valence-corrected chi connectivity index (χ2v) is 5.89. The lowest BCUT2D eigenvalue weighted by atomic mass is 10.1. The fraction of sp³-hybridized carbons (Fsp3) is 0.625. The van der Waals surface area contributed by atoms with E-state index >= 15 is 0 Å². The maximum atomic E-state index is 11.5. The molecule has 0 saturated carbocycles. The molecular formula is C16H22N2O7. The number of nitrogens with zero attached hydrogens (tertiary/aromatic N) is 2. The Labute approximate surface area is 145 Å². The third-order valence-corrected chi connectivity index (χ3v) is 3.63. The van der Waals surface area contributed by atoms with E-state index in [9.17, 15) is 14.4 Å². The molecule has 1 aliphatic heterocycles. The predicted octanol–water partition coefficient (Wildman–Crippen LogP) is 0.824. The summed E-state index contributed by atoms with van der Waals surface area (Å²) in [5, 5.41) is 4.35. The van der Waals surface area contributed by atoms with Crippen LogP contribution >= 0.6 is 0 Å². The second-order valence-electron chi connectivity index (χ2n) is 5.89. The smallest absolute Gasteiger partial charge is 0.303 e. The fourth-order valence-corrected chi connectivity index (χ4v) is 2.79. The van der Waals surface area contributed by atoms with E-state index in [1.807, 2.05) is 19.9 Å².